The molecule has 1 aromatic heterocycles. The minimum absolute atomic E-state index is 0.0147. The van der Waals surface area contributed by atoms with Gasteiger partial charge in [-0.3, -0.25) is 9.48 Å². The molecule has 1 aromatic rings. The van der Waals surface area contributed by atoms with E-state index in [9.17, 15) is 4.79 Å². The number of carbonyl (C=O) groups excluding carboxylic acids is 1. The van der Waals surface area contributed by atoms with Gasteiger partial charge in [-0.15, -0.1) is 0 Å². The van der Waals surface area contributed by atoms with Crippen molar-refractivity contribution in [2.24, 2.45) is 5.92 Å². The molecule has 84 valence electrons. The molecule has 0 atom stereocenters. The molecule has 0 spiro atoms. The first-order valence-electron chi connectivity index (χ1n) is 5.03. The molecule has 0 saturated carbocycles. The van der Waals surface area contributed by atoms with Gasteiger partial charge in [0.1, 0.15) is 5.69 Å². The molecule has 3 nitrogen and oxygen atoms in total. The van der Waals surface area contributed by atoms with E-state index in [0.29, 0.717) is 5.69 Å². The second-order valence-electron chi connectivity index (χ2n) is 4.94. The molecule has 0 radical (unpaired) electrons. The zero-order valence-electron chi connectivity index (χ0n) is 9.84. The van der Waals surface area contributed by atoms with Crippen molar-refractivity contribution in [3.63, 3.8) is 0 Å². The molecule has 4 heteroatoms. The number of halogens is 1. The summed E-state index contributed by atoms with van der Waals surface area (Å²) in [7, 11) is 0. The lowest BCUT2D eigenvalue weighted by atomic mass is 10.0. The van der Waals surface area contributed by atoms with Crippen LogP contribution in [-0.2, 0) is 5.54 Å². The molecule has 15 heavy (non-hydrogen) atoms. The monoisotopic (exact) mass is 272 g/mol. The van der Waals surface area contributed by atoms with E-state index in [2.05, 4.69) is 21.0 Å². The molecule has 0 bridgehead atoms. The van der Waals surface area contributed by atoms with Crippen molar-refractivity contribution in [1.29, 1.82) is 0 Å². The number of hydrogen-bond acceptors (Lipinski definition) is 2. The van der Waals surface area contributed by atoms with E-state index >= 15 is 0 Å². The molecule has 1 heterocycles. The zero-order valence-corrected chi connectivity index (χ0v) is 11.4. The zero-order chi connectivity index (χ0) is 11.8. The molecular formula is C11H17BrN2O. The van der Waals surface area contributed by atoms with Gasteiger partial charge in [0.05, 0.1) is 16.2 Å². The van der Waals surface area contributed by atoms with Crippen LogP contribution in [0.1, 0.15) is 45.1 Å². The van der Waals surface area contributed by atoms with Gasteiger partial charge in [0.25, 0.3) is 0 Å². The van der Waals surface area contributed by atoms with E-state index in [1.807, 2.05) is 34.6 Å². The second-order valence-corrected chi connectivity index (χ2v) is 5.80. The summed E-state index contributed by atoms with van der Waals surface area (Å²) in [5.74, 6) is 0.105. The van der Waals surface area contributed by atoms with Crippen LogP contribution in [0.2, 0.25) is 0 Å². The first kappa shape index (κ1) is 12.4. The highest BCUT2D eigenvalue weighted by molar-refractivity contribution is 9.10. The number of ketones is 1. The Kier molecular flexibility index (Phi) is 3.38. The normalized spacial score (nSPS) is 12.2. The first-order valence-corrected chi connectivity index (χ1v) is 5.82. The highest BCUT2D eigenvalue weighted by Crippen LogP contribution is 2.25. The highest BCUT2D eigenvalue weighted by atomic mass is 79.9. The summed E-state index contributed by atoms with van der Waals surface area (Å²) < 4.78 is 2.55. The van der Waals surface area contributed by atoms with Crippen molar-refractivity contribution >= 4 is 21.7 Å². The van der Waals surface area contributed by atoms with Crippen LogP contribution in [0.5, 0.6) is 0 Å². The van der Waals surface area contributed by atoms with E-state index in [1.54, 1.807) is 10.9 Å². The highest BCUT2D eigenvalue weighted by Gasteiger charge is 2.25. The Morgan fingerprint density at radius 2 is 2.00 bits per heavy atom. The van der Waals surface area contributed by atoms with Crippen LogP contribution < -0.4 is 0 Å². The van der Waals surface area contributed by atoms with Gasteiger partial charge >= 0.3 is 0 Å². The largest absolute Gasteiger partial charge is 0.292 e. The van der Waals surface area contributed by atoms with E-state index < -0.39 is 0 Å². The van der Waals surface area contributed by atoms with E-state index in [1.165, 1.54) is 0 Å². The first-order chi connectivity index (χ1) is 6.75. The van der Waals surface area contributed by atoms with Gasteiger partial charge in [0.15, 0.2) is 5.78 Å². The van der Waals surface area contributed by atoms with E-state index in [-0.39, 0.29) is 17.2 Å². The number of carbonyl (C=O) groups is 1. The van der Waals surface area contributed by atoms with Crippen LogP contribution in [0.3, 0.4) is 0 Å². The topological polar surface area (TPSA) is 34.9 Å². The van der Waals surface area contributed by atoms with Gasteiger partial charge in [-0.05, 0) is 36.7 Å². The number of nitrogens with zero attached hydrogens (tertiary/aromatic N) is 2. The number of rotatable bonds is 2. The third-order valence-corrected chi connectivity index (χ3v) is 2.70. The summed E-state index contributed by atoms with van der Waals surface area (Å²) in [5.41, 5.74) is 0.490. The predicted octanol–water partition coefficient (Wildman–Crippen LogP) is 3.24. The average Bonchev–Trinajstić information content (AvgIpc) is 2.44. The third kappa shape index (κ3) is 2.48. The van der Waals surface area contributed by atoms with Gasteiger partial charge < -0.3 is 0 Å². The SMILES string of the molecule is CC(C)C(=O)c1c(Br)cnn1C(C)(C)C. The lowest BCUT2D eigenvalue weighted by Gasteiger charge is -2.22. The van der Waals surface area contributed by atoms with Gasteiger partial charge in [-0.25, -0.2) is 0 Å². The van der Waals surface area contributed by atoms with Crippen molar-refractivity contribution in [1.82, 2.24) is 9.78 Å². The Morgan fingerprint density at radius 1 is 1.47 bits per heavy atom. The maximum atomic E-state index is 12.0. The Morgan fingerprint density at radius 3 is 2.40 bits per heavy atom. The van der Waals surface area contributed by atoms with Crippen LogP contribution in [0, 0.1) is 5.92 Å². The summed E-state index contributed by atoms with van der Waals surface area (Å²) in [6.45, 7) is 9.89. The predicted molar refractivity (Wildman–Crippen MR) is 64.1 cm³/mol. The van der Waals surface area contributed by atoms with Crippen molar-refractivity contribution in [3.05, 3.63) is 16.4 Å². The van der Waals surface area contributed by atoms with Crippen molar-refractivity contribution in [3.8, 4) is 0 Å². The molecule has 1 rings (SSSR count). The minimum Gasteiger partial charge on any atom is -0.292 e. The summed E-state index contributed by atoms with van der Waals surface area (Å²) in [6.07, 6.45) is 1.68. The Balaban J connectivity index is 3.28. The molecular weight excluding hydrogens is 256 g/mol. The fourth-order valence-corrected chi connectivity index (χ4v) is 1.79. The van der Waals surface area contributed by atoms with Crippen LogP contribution in [-0.4, -0.2) is 15.6 Å². The van der Waals surface area contributed by atoms with Gasteiger partial charge in [0, 0.05) is 5.92 Å². The maximum Gasteiger partial charge on any atom is 0.184 e. The van der Waals surface area contributed by atoms with E-state index in [0.717, 1.165) is 4.47 Å². The molecule has 0 aliphatic carbocycles. The summed E-state index contributed by atoms with van der Waals surface area (Å²) in [6, 6.07) is 0. The Hall–Kier alpha value is -0.640. The molecule has 0 aliphatic heterocycles. The van der Waals surface area contributed by atoms with E-state index in [4.69, 9.17) is 0 Å². The minimum atomic E-state index is -0.175. The van der Waals surface area contributed by atoms with Crippen molar-refractivity contribution in [2.75, 3.05) is 0 Å². The van der Waals surface area contributed by atoms with Crippen molar-refractivity contribution < 1.29 is 4.79 Å². The standard InChI is InChI=1S/C11H17BrN2O/c1-7(2)10(15)9-8(12)6-13-14(9)11(3,4)5/h6-7H,1-5H3. The Bertz CT molecular complexity index is 374. The fourth-order valence-electron chi connectivity index (χ4n) is 1.33. The molecule has 0 saturated heterocycles. The molecule has 0 N–H and O–H groups in total. The second kappa shape index (κ2) is 4.08. The fraction of sp³-hybridized carbons (Fsp3) is 0.636. The molecule has 0 fully saturated rings. The number of aromatic nitrogens is 2. The van der Waals surface area contributed by atoms with Crippen LogP contribution >= 0.6 is 15.9 Å². The van der Waals surface area contributed by atoms with Gasteiger partial charge in [-0.2, -0.15) is 5.10 Å². The maximum absolute atomic E-state index is 12.0. The molecule has 0 aromatic carbocycles. The van der Waals surface area contributed by atoms with Gasteiger partial charge in [0.2, 0.25) is 0 Å². The van der Waals surface area contributed by atoms with Gasteiger partial charge in [-0.1, -0.05) is 13.8 Å². The van der Waals surface area contributed by atoms with Crippen LogP contribution in [0.25, 0.3) is 0 Å². The third-order valence-electron chi connectivity index (χ3n) is 2.12. The number of hydrogen-bond donors (Lipinski definition) is 0. The van der Waals surface area contributed by atoms with Crippen LogP contribution in [0.15, 0.2) is 10.7 Å². The molecule has 0 unspecified atom stereocenters. The summed E-state index contributed by atoms with van der Waals surface area (Å²) >= 11 is 3.37. The number of Topliss-reactive ketones (excluding diaryl/α,β-unsaturated/α-hetero) is 1. The van der Waals surface area contributed by atoms with Crippen LogP contribution in [0.4, 0.5) is 0 Å². The lowest BCUT2D eigenvalue weighted by molar-refractivity contribution is 0.0920. The lowest BCUT2D eigenvalue weighted by Crippen LogP contribution is -2.28. The molecule has 0 aliphatic rings. The quantitative estimate of drug-likeness (QED) is 0.775. The smallest absolute Gasteiger partial charge is 0.184 e. The van der Waals surface area contributed by atoms with Crippen molar-refractivity contribution in [2.45, 2.75) is 40.2 Å². The summed E-state index contributed by atoms with van der Waals surface area (Å²) in [4.78, 5) is 12.0. The molecule has 0 amide bonds. The Labute approximate surface area is 99.0 Å². The summed E-state index contributed by atoms with van der Waals surface area (Å²) in [5, 5.41) is 4.24. The average molecular weight is 273 g/mol.